The standard InChI is InChI=1S/C18H19NO3/c1-2-18(20)19-12-14-5-3-4-6-15(14)13-7-8-16-17(11-13)22-10-9-21-16/h3-8,11H,2,9-10,12H2,1H3,(H,19,20). The minimum Gasteiger partial charge on any atom is -0.486 e. The molecule has 2 aromatic carbocycles. The summed E-state index contributed by atoms with van der Waals surface area (Å²) in [5, 5.41) is 2.93. The van der Waals surface area contributed by atoms with Gasteiger partial charge in [-0.05, 0) is 28.8 Å². The van der Waals surface area contributed by atoms with Crippen molar-refractivity contribution in [3.8, 4) is 22.6 Å². The number of carbonyl (C=O) groups is 1. The van der Waals surface area contributed by atoms with Gasteiger partial charge < -0.3 is 14.8 Å². The van der Waals surface area contributed by atoms with Crippen molar-refractivity contribution in [3.63, 3.8) is 0 Å². The van der Waals surface area contributed by atoms with E-state index in [1.165, 1.54) is 0 Å². The zero-order valence-electron chi connectivity index (χ0n) is 12.6. The Hall–Kier alpha value is -2.49. The molecule has 1 aliphatic rings. The van der Waals surface area contributed by atoms with Crippen LogP contribution in [0.5, 0.6) is 11.5 Å². The van der Waals surface area contributed by atoms with E-state index in [9.17, 15) is 4.79 Å². The number of carbonyl (C=O) groups excluding carboxylic acids is 1. The maximum atomic E-state index is 11.5. The van der Waals surface area contributed by atoms with Gasteiger partial charge in [-0.1, -0.05) is 37.3 Å². The Morgan fingerprint density at radius 2 is 1.86 bits per heavy atom. The minimum absolute atomic E-state index is 0.0528. The van der Waals surface area contributed by atoms with Gasteiger partial charge in [-0.25, -0.2) is 0 Å². The summed E-state index contributed by atoms with van der Waals surface area (Å²) in [6.07, 6.45) is 0.492. The van der Waals surface area contributed by atoms with E-state index in [0.29, 0.717) is 26.2 Å². The molecule has 0 spiro atoms. The second kappa shape index (κ2) is 6.52. The molecular weight excluding hydrogens is 278 g/mol. The zero-order valence-corrected chi connectivity index (χ0v) is 12.6. The zero-order chi connectivity index (χ0) is 15.4. The summed E-state index contributed by atoms with van der Waals surface area (Å²) in [6.45, 7) is 3.54. The number of nitrogens with one attached hydrogen (secondary N) is 1. The number of hydrogen-bond donors (Lipinski definition) is 1. The summed E-state index contributed by atoms with van der Waals surface area (Å²) in [5.74, 6) is 1.61. The molecule has 4 heteroatoms. The molecule has 0 saturated heterocycles. The molecule has 1 aliphatic heterocycles. The molecule has 1 amide bonds. The van der Waals surface area contributed by atoms with Gasteiger partial charge in [0.2, 0.25) is 5.91 Å². The Balaban J connectivity index is 1.89. The molecule has 22 heavy (non-hydrogen) atoms. The highest BCUT2D eigenvalue weighted by atomic mass is 16.6. The molecule has 0 bridgehead atoms. The lowest BCUT2D eigenvalue weighted by molar-refractivity contribution is -0.120. The molecule has 0 unspecified atom stereocenters. The molecule has 0 radical (unpaired) electrons. The summed E-state index contributed by atoms with van der Waals surface area (Å²) in [5.41, 5.74) is 3.24. The molecule has 0 aromatic heterocycles. The van der Waals surface area contributed by atoms with E-state index in [4.69, 9.17) is 9.47 Å². The van der Waals surface area contributed by atoms with Crippen molar-refractivity contribution in [1.29, 1.82) is 0 Å². The fourth-order valence-corrected chi connectivity index (χ4v) is 2.49. The Morgan fingerprint density at radius 1 is 1.09 bits per heavy atom. The van der Waals surface area contributed by atoms with Gasteiger partial charge in [0.05, 0.1) is 0 Å². The number of rotatable bonds is 4. The van der Waals surface area contributed by atoms with Crippen LogP contribution < -0.4 is 14.8 Å². The number of ether oxygens (including phenoxy) is 2. The lowest BCUT2D eigenvalue weighted by Crippen LogP contribution is -2.21. The molecule has 114 valence electrons. The van der Waals surface area contributed by atoms with Gasteiger partial charge >= 0.3 is 0 Å². The Labute approximate surface area is 130 Å². The normalized spacial score (nSPS) is 12.8. The highest BCUT2D eigenvalue weighted by Gasteiger charge is 2.13. The van der Waals surface area contributed by atoms with Crippen LogP contribution in [0.3, 0.4) is 0 Å². The van der Waals surface area contributed by atoms with Crippen molar-refractivity contribution in [3.05, 3.63) is 48.0 Å². The van der Waals surface area contributed by atoms with E-state index < -0.39 is 0 Å². The first-order chi connectivity index (χ1) is 10.8. The van der Waals surface area contributed by atoms with Gasteiger partial charge in [0.15, 0.2) is 11.5 Å². The first-order valence-electron chi connectivity index (χ1n) is 7.52. The van der Waals surface area contributed by atoms with Crippen LogP contribution in [0.25, 0.3) is 11.1 Å². The van der Waals surface area contributed by atoms with E-state index in [2.05, 4.69) is 11.4 Å². The van der Waals surface area contributed by atoms with Crippen LogP contribution in [0.1, 0.15) is 18.9 Å². The van der Waals surface area contributed by atoms with Crippen molar-refractivity contribution >= 4 is 5.91 Å². The Kier molecular flexibility index (Phi) is 4.28. The van der Waals surface area contributed by atoms with Crippen LogP contribution in [0.4, 0.5) is 0 Å². The summed E-state index contributed by atoms with van der Waals surface area (Å²) in [7, 11) is 0. The highest BCUT2D eigenvalue weighted by Crippen LogP contribution is 2.35. The molecule has 2 aromatic rings. The lowest BCUT2D eigenvalue weighted by Gasteiger charge is -2.19. The molecule has 0 fully saturated rings. The molecule has 3 rings (SSSR count). The molecule has 1 N–H and O–H groups in total. The Bertz CT molecular complexity index is 682. The first kappa shape index (κ1) is 14.4. The smallest absolute Gasteiger partial charge is 0.219 e. The molecule has 4 nitrogen and oxygen atoms in total. The minimum atomic E-state index is 0.0528. The van der Waals surface area contributed by atoms with E-state index in [1.807, 2.05) is 43.3 Å². The summed E-state index contributed by atoms with van der Waals surface area (Å²) in [4.78, 5) is 11.5. The van der Waals surface area contributed by atoms with E-state index in [-0.39, 0.29) is 5.91 Å². The molecule has 0 atom stereocenters. The van der Waals surface area contributed by atoms with Gasteiger partial charge in [0.25, 0.3) is 0 Å². The quantitative estimate of drug-likeness (QED) is 0.943. The van der Waals surface area contributed by atoms with Gasteiger partial charge in [-0.15, -0.1) is 0 Å². The predicted octanol–water partition coefficient (Wildman–Crippen LogP) is 3.15. The van der Waals surface area contributed by atoms with Gasteiger partial charge in [-0.3, -0.25) is 4.79 Å². The topological polar surface area (TPSA) is 47.6 Å². The van der Waals surface area contributed by atoms with Crippen molar-refractivity contribution in [1.82, 2.24) is 5.32 Å². The number of amides is 1. The number of benzene rings is 2. The van der Waals surface area contributed by atoms with Crippen molar-refractivity contribution in [2.45, 2.75) is 19.9 Å². The molecule has 1 heterocycles. The van der Waals surface area contributed by atoms with Crippen molar-refractivity contribution in [2.24, 2.45) is 0 Å². The maximum absolute atomic E-state index is 11.5. The number of fused-ring (bicyclic) bond motifs is 1. The summed E-state index contributed by atoms with van der Waals surface area (Å²) in [6, 6.07) is 14.0. The fraction of sp³-hybridized carbons (Fsp3) is 0.278. The largest absolute Gasteiger partial charge is 0.486 e. The van der Waals surface area contributed by atoms with Gasteiger partial charge in [0, 0.05) is 13.0 Å². The molecule has 0 aliphatic carbocycles. The second-order valence-electron chi connectivity index (χ2n) is 5.15. The van der Waals surface area contributed by atoms with Crippen molar-refractivity contribution in [2.75, 3.05) is 13.2 Å². The highest BCUT2D eigenvalue weighted by molar-refractivity contribution is 5.76. The average Bonchev–Trinajstić information content (AvgIpc) is 2.59. The second-order valence-corrected chi connectivity index (χ2v) is 5.15. The molecule has 0 saturated carbocycles. The third-order valence-electron chi connectivity index (χ3n) is 3.67. The van der Waals surface area contributed by atoms with Crippen LogP contribution in [0, 0.1) is 0 Å². The van der Waals surface area contributed by atoms with Gasteiger partial charge in [-0.2, -0.15) is 0 Å². The van der Waals surface area contributed by atoms with Gasteiger partial charge in [0.1, 0.15) is 13.2 Å². The van der Waals surface area contributed by atoms with Crippen LogP contribution >= 0.6 is 0 Å². The summed E-state index contributed by atoms with van der Waals surface area (Å²) < 4.78 is 11.2. The number of hydrogen-bond acceptors (Lipinski definition) is 3. The van der Waals surface area contributed by atoms with Crippen LogP contribution in [-0.4, -0.2) is 19.1 Å². The van der Waals surface area contributed by atoms with Crippen LogP contribution in [0.15, 0.2) is 42.5 Å². The SMILES string of the molecule is CCC(=O)NCc1ccccc1-c1ccc2c(c1)OCCO2. The predicted molar refractivity (Wildman–Crippen MR) is 85.0 cm³/mol. The monoisotopic (exact) mass is 297 g/mol. The van der Waals surface area contributed by atoms with Crippen LogP contribution in [-0.2, 0) is 11.3 Å². The first-order valence-corrected chi connectivity index (χ1v) is 7.52. The van der Waals surface area contributed by atoms with E-state index in [1.54, 1.807) is 0 Å². The van der Waals surface area contributed by atoms with Crippen molar-refractivity contribution < 1.29 is 14.3 Å². The Morgan fingerprint density at radius 3 is 2.68 bits per heavy atom. The summed E-state index contributed by atoms with van der Waals surface area (Å²) >= 11 is 0. The average molecular weight is 297 g/mol. The van der Waals surface area contributed by atoms with E-state index in [0.717, 1.165) is 28.2 Å². The third kappa shape index (κ3) is 3.06. The maximum Gasteiger partial charge on any atom is 0.219 e. The van der Waals surface area contributed by atoms with Crippen LogP contribution in [0.2, 0.25) is 0 Å². The third-order valence-corrected chi connectivity index (χ3v) is 3.67. The fourth-order valence-electron chi connectivity index (χ4n) is 2.49. The van der Waals surface area contributed by atoms with E-state index >= 15 is 0 Å². The lowest BCUT2D eigenvalue weighted by atomic mass is 9.99. The molecular formula is C18H19NO3.